The molecule has 1 N–H and O–H groups in total. The van der Waals surface area contributed by atoms with E-state index in [-0.39, 0.29) is 5.91 Å². The molecule has 0 unspecified atom stereocenters. The van der Waals surface area contributed by atoms with Crippen LogP contribution in [0.2, 0.25) is 0 Å². The van der Waals surface area contributed by atoms with Crippen molar-refractivity contribution in [2.24, 2.45) is 4.99 Å². The Morgan fingerprint density at radius 1 is 1.73 bits per heavy atom. The Hall–Kier alpha value is -1.12. The summed E-state index contributed by atoms with van der Waals surface area (Å²) in [7, 11) is 0. The van der Waals surface area contributed by atoms with Gasteiger partial charge < -0.3 is 5.32 Å². The molecule has 1 rings (SSSR count). The molecule has 0 aliphatic carbocycles. The molecule has 1 heterocycles. The van der Waals surface area contributed by atoms with Gasteiger partial charge in [-0.15, -0.1) is 0 Å². The van der Waals surface area contributed by atoms with Crippen LogP contribution in [0.4, 0.5) is 0 Å². The molecule has 60 valence electrons. The van der Waals surface area contributed by atoms with E-state index in [1.54, 1.807) is 0 Å². The van der Waals surface area contributed by atoms with Crippen molar-refractivity contribution >= 4 is 11.7 Å². The van der Waals surface area contributed by atoms with Crippen LogP contribution in [0, 0.1) is 0 Å². The second kappa shape index (κ2) is 3.91. The van der Waals surface area contributed by atoms with Gasteiger partial charge in [0.1, 0.15) is 5.84 Å². The second-order valence-corrected chi connectivity index (χ2v) is 2.49. The SMILES string of the molecule is CC(=O)NC1=NCCCC=C1. The van der Waals surface area contributed by atoms with E-state index in [0.717, 1.165) is 19.4 Å². The van der Waals surface area contributed by atoms with Crippen LogP contribution in [0.3, 0.4) is 0 Å². The fraction of sp³-hybridized carbons (Fsp3) is 0.500. The largest absolute Gasteiger partial charge is 0.311 e. The zero-order chi connectivity index (χ0) is 8.10. The Balaban J connectivity index is 2.53. The average molecular weight is 152 g/mol. The highest BCUT2D eigenvalue weighted by Gasteiger charge is 1.98. The number of hydrogen-bond acceptors (Lipinski definition) is 2. The maximum atomic E-state index is 10.6. The molecule has 0 aromatic rings. The monoisotopic (exact) mass is 152 g/mol. The first kappa shape index (κ1) is 7.98. The molecule has 0 aromatic heterocycles. The number of carbonyl (C=O) groups excluding carboxylic acids is 1. The molecule has 0 radical (unpaired) electrons. The van der Waals surface area contributed by atoms with Crippen molar-refractivity contribution in [3.05, 3.63) is 12.2 Å². The van der Waals surface area contributed by atoms with Crippen molar-refractivity contribution in [2.75, 3.05) is 6.54 Å². The summed E-state index contributed by atoms with van der Waals surface area (Å²) in [6, 6.07) is 0. The van der Waals surface area contributed by atoms with Crippen molar-refractivity contribution in [1.82, 2.24) is 5.32 Å². The summed E-state index contributed by atoms with van der Waals surface area (Å²) in [6.07, 6.45) is 6.00. The van der Waals surface area contributed by atoms with Crippen LogP contribution in [0.15, 0.2) is 17.1 Å². The predicted molar refractivity (Wildman–Crippen MR) is 44.5 cm³/mol. The first-order valence-electron chi connectivity index (χ1n) is 3.77. The van der Waals surface area contributed by atoms with Gasteiger partial charge in [0.05, 0.1) is 0 Å². The maximum Gasteiger partial charge on any atom is 0.222 e. The van der Waals surface area contributed by atoms with Gasteiger partial charge in [0.25, 0.3) is 0 Å². The second-order valence-electron chi connectivity index (χ2n) is 2.49. The number of nitrogens with zero attached hydrogens (tertiary/aromatic N) is 1. The first-order valence-corrected chi connectivity index (χ1v) is 3.77. The van der Waals surface area contributed by atoms with Crippen LogP contribution in [0.1, 0.15) is 19.8 Å². The molecule has 0 fully saturated rings. The number of amidine groups is 1. The third-order valence-corrected chi connectivity index (χ3v) is 1.39. The Bertz CT molecular complexity index is 206. The third kappa shape index (κ3) is 2.98. The normalized spacial score (nSPS) is 17.0. The van der Waals surface area contributed by atoms with E-state index in [4.69, 9.17) is 0 Å². The lowest BCUT2D eigenvalue weighted by Crippen LogP contribution is -2.26. The summed E-state index contributed by atoms with van der Waals surface area (Å²) in [5, 5.41) is 2.65. The predicted octanol–water partition coefficient (Wildman–Crippen LogP) is 0.871. The van der Waals surface area contributed by atoms with Gasteiger partial charge in [-0.3, -0.25) is 9.79 Å². The minimum Gasteiger partial charge on any atom is -0.311 e. The molecule has 11 heavy (non-hydrogen) atoms. The average Bonchev–Trinajstić information content (AvgIpc) is 2.14. The fourth-order valence-electron chi connectivity index (χ4n) is 0.918. The summed E-state index contributed by atoms with van der Waals surface area (Å²) in [5.74, 6) is 0.630. The van der Waals surface area contributed by atoms with Gasteiger partial charge in [-0.2, -0.15) is 0 Å². The van der Waals surface area contributed by atoms with Crippen LogP contribution < -0.4 is 5.32 Å². The van der Waals surface area contributed by atoms with Crippen molar-refractivity contribution in [3.63, 3.8) is 0 Å². The standard InChI is InChI=1S/C8H12N2O/c1-7(11)10-8-5-3-2-4-6-9-8/h3,5H,2,4,6H2,1H3,(H,9,10,11). The van der Waals surface area contributed by atoms with E-state index >= 15 is 0 Å². The van der Waals surface area contributed by atoms with Gasteiger partial charge >= 0.3 is 0 Å². The van der Waals surface area contributed by atoms with Crippen LogP contribution in [-0.2, 0) is 4.79 Å². The van der Waals surface area contributed by atoms with Crippen LogP contribution >= 0.6 is 0 Å². The highest BCUT2D eigenvalue weighted by molar-refractivity contribution is 6.03. The van der Waals surface area contributed by atoms with Crippen LogP contribution in [-0.4, -0.2) is 18.3 Å². The molecule has 1 aliphatic rings. The van der Waals surface area contributed by atoms with Gasteiger partial charge in [0, 0.05) is 13.5 Å². The van der Waals surface area contributed by atoms with Crippen molar-refractivity contribution in [2.45, 2.75) is 19.8 Å². The minimum atomic E-state index is -0.0599. The van der Waals surface area contributed by atoms with E-state index in [9.17, 15) is 4.79 Å². The quantitative estimate of drug-likeness (QED) is 0.549. The third-order valence-electron chi connectivity index (χ3n) is 1.39. The maximum absolute atomic E-state index is 10.6. The number of hydrogen-bond donors (Lipinski definition) is 1. The zero-order valence-electron chi connectivity index (χ0n) is 6.63. The highest BCUT2D eigenvalue weighted by Crippen LogP contribution is 1.97. The number of nitrogens with one attached hydrogen (secondary N) is 1. The molecule has 1 amide bonds. The highest BCUT2D eigenvalue weighted by atomic mass is 16.1. The van der Waals surface area contributed by atoms with Crippen molar-refractivity contribution < 1.29 is 4.79 Å². The summed E-state index contributed by atoms with van der Waals surface area (Å²) < 4.78 is 0. The first-order chi connectivity index (χ1) is 5.29. The Kier molecular flexibility index (Phi) is 2.83. The summed E-state index contributed by atoms with van der Waals surface area (Å²) in [5.41, 5.74) is 0. The van der Waals surface area contributed by atoms with Gasteiger partial charge in [0.15, 0.2) is 0 Å². The van der Waals surface area contributed by atoms with E-state index < -0.39 is 0 Å². The summed E-state index contributed by atoms with van der Waals surface area (Å²) >= 11 is 0. The van der Waals surface area contributed by atoms with Crippen LogP contribution in [0.25, 0.3) is 0 Å². The molecule has 3 heteroatoms. The van der Waals surface area contributed by atoms with Gasteiger partial charge in [-0.1, -0.05) is 6.08 Å². The van der Waals surface area contributed by atoms with Crippen LogP contribution in [0.5, 0.6) is 0 Å². The topological polar surface area (TPSA) is 41.5 Å². The number of rotatable bonds is 0. The van der Waals surface area contributed by atoms with E-state index in [1.807, 2.05) is 12.2 Å². The molecule has 0 aromatic carbocycles. The lowest BCUT2D eigenvalue weighted by atomic mass is 10.3. The Morgan fingerprint density at radius 2 is 2.55 bits per heavy atom. The molecule has 0 spiro atoms. The summed E-state index contributed by atoms with van der Waals surface area (Å²) in [4.78, 5) is 14.8. The molecule has 0 saturated carbocycles. The molecule has 1 aliphatic heterocycles. The fourth-order valence-corrected chi connectivity index (χ4v) is 0.918. The van der Waals surface area contributed by atoms with E-state index in [0.29, 0.717) is 5.84 Å². The van der Waals surface area contributed by atoms with Crippen molar-refractivity contribution in [1.29, 1.82) is 0 Å². The summed E-state index contributed by atoms with van der Waals surface area (Å²) in [6.45, 7) is 2.30. The molecular weight excluding hydrogens is 140 g/mol. The number of allylic oxidation sites excluding steroid dienone is 1. The van der Waals surface area contributed by atoms with Gasteiger partial charge in [0.2, 0.25) is 5.91 Å². The molecule has 0 atom stereocenters. The smallest absolute Gasteiger partial charge is 0.222 e. The minimum absolute atomic E-state index is 0.0599. The van der Waals surface area contributed by atoms with E-state index in [2.05, 4.69) is 10.3 Å². The lowest BCUT2D eigenvalue weighted by Gasteiger charge is -1.98. The van der Waals surface area contributed by atoms with Crippen molar-refractivity contribution in [3.8, 4) is 0 Å². The molecule has 3 nitrogen and oxygen atoms in total. The number of amides is 1. The Morgan fingerprint density at radius 3 is 3.27 bits per heavy atom. The van der Waals surface area contributed by atoms with E-state index in [1.165, 1.54) is 6.92 Å². The zero-order valence-corrected chi connectivity index (χ0v) is 6.63. The Labute approximate surface area is 66.2 Å². The van der Waals surface area contributed by atoms with Gasteiger partial charge in [-0.05, 0) is 18.9 Å². The number of aliphatic imine (C=N–C) groups is 1. The molecular formula is C8H12N2O. The lowest BCUT2D eigenvalue weighted by molar-refractivity contribution is -0.117. The molecule has 0 bridgehead atoms. The molecule has 0 saturated heterocycles. The number of carbonyl (C=O) groups is 1. The van der Waals surface area contributed by atoms with Gasteiger partial charge in [-0.25, -0.2) is 0 Å².